The molecule has 6 heteroatoms. The summed E-state index contributed by atoms with van der Waals surface area (Å²) in [4.78, 5) is 26.1. The van der Waals surface area contributed by atoms with E-state index in [9.17, 15) is 9.59 Å². The van der Waals surface area contributed by atoms with Crippen molar-refractivity contribution in [2.75, 3.05) is 0 Å². The summed E-state index contributed by atoms with van der Waals surface area (Å²) >= 11 is 12.2. The standard InChI is InChI=1S/C15H18Cl2N2O2/c1-3-13-15(21)19(9(2)6-14(20)18-13)8-10-7-11(16)4-5-12(10)17/h4-5,7,9,13H,3,6,8H2,1-2H3,(H,18,20). The molecule has 114 valence electrons. The Hall–Kier alpha value is -1.26. The molecule has 1 N–H and O–H groups in total. The number of amides is 2. The highest BCUT2D eigenvalue weighted by atomic mass is 35.5. The van der Waals surface area contributed by atoms with Crippen molar-refractivity contribution in [1.29, 1.82) is 0 Å². The molecule has 1 aliphatic heterocycles. The van der Waals surface area contributed by atoms with Gasteiger partial charge in [0.25, 0.3) is 0 Å². The lowest BCUT2D eigenvalue weighted by Gasteiger charge is -2.29. The van der Waals surface area contributed by atoms with E-state index in [1.165, 1.54) is 0 Å². The van der Waals surface area contributed by atoms with Crippen LogP contribution in [0.1, 0.15) is 32.3 Å². The second-order valence-corrected chi connectivity index (χ2v) is 6.13. The van der Waals surface area contributed by atoms with Crippen LogP contribution in [0.3, 0.4) is 0 Å². The first-order chi connectivity index (χ1) is 9.92. The number of hydrogen-bond donors (Lipinski definition) is 1. The summed E-state index contributed by atoms with van der Waals surface area (Å²) in [5.41, 5.74) is 0.786. The van der Waals surface area contributed by atoms with Crippen molar-refractivity contribution >= 4 is 35.0 Å². The number of carbonyl (C=O) groups excluding carboxylic acids is 2. The molecular formula is C15H18Cl2N2O2. The van der Waals surface area contributed by atoms with Crippen LogP contribution in [0.4, 0.5) is 0 Å². The van der Waals surface area contributed by atoms with E-state index in [1.54, 1.807) is 23.1 Å². The lowest BCUT2D eigenvalue weighted by Crippen LogP contribution is -2.45. The third-order valence-corrected chi connectivity index (χ3v) is 4.29. The Morgan fingerprint density at radius 2 is 2.05 bits per heavy atom. The summed E-state index contributed by atoms with van der Waals surface area (Å²) in [5, 5.41) is 3.90. The van der Waals surface area contributed by atoms with Crippen molar-refractivity contribution < 1.29 is 9.59 Å². The lowest BCUT2D eigenvalue weighted by atomic mass is 10.1. The van der Waals surface area contributed by atoms with Crippen LogP contribution in [0.2, 0.25) is 10.0 Å². The number of carbonyl (C=O) groups is 2. The summed E-state index contributed by atoms with van der Waals surface area (Å²) in [6.45, 7) is 4.10. The predicted molar refractivity (Wildman–Crippen MR) is 83.3 cm³/mol. The molecule has 2 atom stereocenters. The van der Waals surface area contributed by atoms with Gasteiger partial charge in [0.15, 0.2) is 0 Å². The fourth-order valence-electron chi connectivity index (χ4n) is 2.47. The van der Waals surface area contributed by atoms with Gasteiger partial charge in [0.05, 0.1) is 0 Å². The fourth-order valence-corrected chi connectivity index (χ4v) is 2.84. The van der Waals surface area contributed by atoms with Crippen molar-refractivity contribution in [2.45, 2.75) is 45.3 Å². The Kier molecular flexibility index (Phi) is 5.12. The second-order valence-electron chi connectivity index (χ2n) is 5.28. The van der Waals surface area contributed by atoms with Crippen molar-refractivity contribution in [3.63, 3.8) is 0 Å². The monoisotopic (exact) mass is 328 g/mol. The highest BCUT2D eigenvalue weighted by molar-refractivity contribution is 6.33. The Bertz CT molecular complexity index is 563. The minimum Gasteiger partial charge on any atom is -0.344 e. The summed E-state index contributed by atoms with van der Waals surface area (Å²) in [5.74, 6) is -0.172. The summed E-state index contributed by atoms with van der Waals surface area (Å²) in [7, 11) is 0. The average molecular weight is 329 g/mol. The van der Waals surface area contributed by atoms with Crippen LogP contribution in [0.25, 0.3) is 0 Å². The SMILES string of the molecule is CCC1NC(=O)CC(C)N(Cc2cc(Cl)ccc2Cl)C1=O. The van der Waals surface area contributed by atoms with Crippen LogP contribution in [0.15, 0.2) is 18.2 Å². The topological polar surface area (TPSA) is 49.4 Å². The van der Waals surface area contributed by atoms with Gasteiger partial charge in [0.1, 0.15) is 6.04 Å². The number of nitrogens with one attached hydrogen (secondary N) is 1. The van der Waals surface area contributed by atoms with E-state index < -0.39 is 6.04 Å². The van der Waals surface area contributed by atoms with Gasteiger partial charge in [-0.25, -0.2) is 0 Å². The number of halogens is 2. The van der Waals surface area contributed by atoms with E-state index >= 15 is 0 Å². The van der Waals surface area contributed by atoms with Gasteiger partial charge in [0.2, 0.25) is 11.8 Å². The summed E-state index contributed by atoms with van der Waals surface area (Å²) in [6, 6.07) is 4.53. The lowest BCUT2D eigenvalue weighted by molar-refractivity contribution is -0.135. The van der Waals surface area contributed by atoms with Gasteiger partial charge >= 0.3 is 0 Å². The average Bonchev–Trinajstić information content (AvgIpc) is 2.53. The number of hydrogen-bond acceptors (Lipinski definition) is 2. The van der Waals surface area contributed by atoms with Crippen LogP contribution < -0.4 is 5.32 Å². The Morgan fingerprint density at radius 1 is 1.33 bits per heavy atom. The molecular weight excluding hydrogens is 311 g/mol. The quantitative estimate of drug-likeness (QED) is 0.927. The second kappa shape index (κ2) is 6.67. The van der Waals surface area contributed by atoms with Gasteiger partial charge in [0, 0.05) is 29.1 Å². The van der Waals surface area contributed by atoms with Gasteiger partial charge in [-0.05, 0) is 37.1 Å². The molecule has 2 unspecified atom stereocenters. The zero-order chi connectivity index (χ0) is 15.6. The maximum atomic E-state index is 12.6. The van der Waals surface area contributed by atoms with Gasteiger partial charge in [-0.1, -0.05) is 30.1 Å². The molecule has 0 aliphatic carbocycles. The van der Waals surface area contributed by atoms with E-state index in [0.717, 1.165) is 5.56 Å². The van der Waals surface area contributed by atoms with Crippen molar-refractivity contribution in [3.8, 4) is 0 Å². The van der Waals surface area contributed by atoms with Crippen LogP contribution in [0, 0.1) is 0 Å². The van der Waals surface area contributed by atoms with Gasteiger partial charge < -0.3 is 10.2 Å². The maximum Gasteiger partial charge on any atom is 0.245 e. The first kappa shape index (κ1) is 16.1. The molecule has 1 aromatic carbocycles. The molecule has 1 aliphatic rings. The third-order valence-electron chi connectivity index (χ3n) is 3.69. The maximum absolute atomic E-state index is 12.6. The van der Waals surface area contributed by atoms with Crippen molar-refractivity contribution in [1.82, 2.24) is 10.2 Å². The molecule has 2 amide bonds. The predicted octanol–water partition coefficient (Wildman–Crippen LogP) is 3.01. The molecule has 1 saturated heterocycles. The Balaban J connectivity index is 2.28. The zero-order valence-electron chi connectivity index (χ0n) is 12.0. The van der Waals surface area contributed by atoms with Crippen molar-refractivity contribution in [3.05, 3.63) is 33.8 Å². The van der Waals surface area contributed by atoms with Crippen LogP contribution in [0.5, 0.6) is 0 Å². The smallest absolute Gasteiger partial charge is 0.245 e. The molecule has 1 heterocycles. The van der Waals surface area contributed by atoms with E-state index in [0.29, 0.717) is 29.4 Å². The van der Waals surface area contributed by atoms with Crippen LogP contribution >= 0.6 is 23.2 Å². The first-order valence-corrected chi connectivity index (χ1v) is 7.71. The van der Waals surface area contributed by atoms with E-state index in [-0.39, 0.29) is 17.9 Å². The molecule has 2 rings (SSSR count). The Labute approximate surface area is 134 Å². The number of rotatable bonds is 3. The van der Waals surface area contributed by atoms with Crippen LogP contribution in [-0.4, -0.2) is 28.8 Å². The molecule has 0 spiro atoms. The Morgan fingerprint density at radius 3 is 2.71 bits per heavy atom. The normalized spacial score (nSPS) is 23.0. The largest absolute Gasteiger partial charge is 0.344 e. The highest BCUT2D eigenvalue weighted by Crippen LogP contribution is 2.24. The number of benzene rings is 1. The fraction of sp³-hybridized carbons (Fsp3) is 0.467. The molecule has 0 radical (unpaired) electrons. The minimum atomic E-state index is -0.472. The van der Waals surface area contributed by atoms with Gasteiger partial charge in [-0.3, -0.25) is 9.59 Å². The molecule has 1 aromatic rings. The van der Waals surface area contributed by atoms with E-state index in [4.69, 9.17) is 23.2 Å². The van der Waals surface area contributed by atoms with Crippen molar-refractivity contribution in [2.24, 2.45) is 0 Å². The van der Waals surface area contributed by atoms with Gasteiger partial charge in [-0.15, -0.1) is 0 Å². The third kappa shape index (κ3) is 3.69. The molecule has 0 aromatic heterocycles. The molecule has 4 nitrogen and oxygen atoms in total. The summed E-state index contributed by atoms with van der Waals surface area (Å²) < 4.78 is 0. The number of nitrogens with zero attached hydrogens (tertiary/aromatic N) is 1. The molecule has 1 fully saturated rings. The van der Waals surface area contributed by atoms with E-state index in [1.807, 2.05) is 13.8 Å². The molecule has 21 heavy (non-hydrogen) atoms. The minimum absolute atomic E-state index is 0.0770. The molecule has 0 bridgehead atoms. The molecule has 0 saturated carbocycles. The zero-order valence-corrected chi connectivity index (χ0v) is 13.5. The highest BCUT2D eigenvalue weighted by Gasteiger charge is 2.33. The van der Waals surface area contributed by atoms with E-state index in [2.05, 4.69) is 5.32 Å². The first-order valence-electron chi connectivity index (χ1n) is 6.96. The van der Waals surface area contributed by atoms with Crippen LogP contribution in [-0.2, 0) is 16.1 Å². The van der Waals surface area contributed by atoms with Gasteiger partial charge in [-0.2, -0.15) is 0 Å². The summed E-state index contributed by atoms with van der Waals surface area (Å²) in [6.07, 6.45) is 0.859.